The fourth-order valence-corrected chi connectivity index (χ4v) is 5.88. The number of ether oxygens (including phenoxy) is 2. The van der Waals surface area contributed by atoms with E-state index in [2.05, 4.69) is 20.4 Å². The van der Waals surface area contributed by atoms with Crippen molar-refractivity contribution in [2.45, 2.75) is 32.2 Å². The van der Waals surface area contributed by atoms with Gasteiger partial charge in [0.25, 0.3) is 0 Å². The number of anilines is 2. The van der Waals surface area contributed by atoms with Gasteiger partial charge in [-0.1, -0.05) is 0 Å². The third-order valence-electron chi connectivity index (χ3n) is 6.58. The summed E-state index contributed by atoms with van der Waals surface area (Å²) in [7, 11) is 5.17. The number of hydrogen-bond donors (Lipinski definition) is 1. The molecule has 0 spiro atoms. The summed E-state index contributed by atoms with van der Waals surface area (Å²) in [5.41, 5.74) is 3.01. The van der Waals surface area contributed by atoms with Gasteiger partial charge in [-0.05, 0) is 43.9 Å². The quantitative estimate of drug-likeness (QED) is 0.431. The number of fused-ring (bicyclic) bond motifs is 4. The number of carbonyl (C=O) groups excluding carboxylic acids is 1. The number of aryl methyl sites for hydroxylation is 1. The summed E-state index contributed by atoms with van der Waals surface area (Å²) in [6, 6.07) is 3.98. The van der Waals surface area contributed by atoms with E-state index in [1.807, 2.05) is 37.2 Å². The summed E-state index contributed by atoms with van der Waals surface area (Å²) < 4.78 is 12.6. The van der Waals surface area contributed by atoms with Crippen LogP contribution in [0, 0.1) is 5.92 Å². The summed E-state index contributed by atoms with van der Waals surface area (Å²) in [4.78, 5) is 26.2. The van der Waals surface area contributed by atoms with Crippen molar-refractivity contribution in [1.82, 2.24) is 24.5 Å². The lowest BCUT2D eigenvalue weighted by Crippen LogP contribution is -2.42. The molecule has 4 aromatic heterocycles. The molecule has 9 nitrogen and oxygen atoms in total. The van der Waals surface area contributed by atoms with Crippen LogP contribution in [0.5, 0.6) is 5.75 Å². The van der Waals surface area contributed by atoms with Crippen LogP contribution in [0.4, 0.5) is 11.5 Å². The van der Waals surface area contributed by atoms with E-state index in [1.54, 1.807) is 42.6 Å². The van der Waals surface area contributed by atoms with Gasteiger partial charge in [0.15, 0.2) is 5.75 Å². The Hall–Kier alpha value is -3.24. The maximum atomic E-state index is 13.1. The largest absolute Gasteiger partial charge is 0.493 e. The summed E-state index contributed by atoms with van der Waals surface area (Å²) in [6.45, 7) is 2.54. The molecule has 1 aliphatic carbocycles. The van der Waals surface area contributed by atoms with Gasteiger partial charge in [-0.25, -0.2) is 14.5 Å². The topological polar surface area (TPSA) is 93.9 Å². The Balaban J connectivity index is 1.45. The Labute approximate surface area is 201 Å². The van der Waals surface area contributed by atoms with E-state index >= 15 is 0 Å². The Morgan fingerprint density at radius 2 is 2.24 bits per heavy atom. The van der Waals surface area contributed by atoms with Gasteiger partial charge < -0.3 is 19.7 Å². The lowest BCUT2D eigenvalue weighted by atomic mass is 9.86. The summed E-state index contributed by atoms with van der Waals surface area (Å²) >= 11 is 1.66. The highest BCUT2D eigenvalue weighted by atomic mass is 32.1. The van der Waals surface area contributed by atoms with Crippen LogP contribution < -0.4 is 10.1 Å². The predicted molar refractivity (Wildman–Crippen MR) is 132 cm³/mol. The van der Waals surface area contributed by atoms with Crippen LogP contribution in [0.2, 0.25) is 0 Å². The molecule has 0 fully saturated rings. The van der Waals surface area contributed by atoms with Crippen LogP contribution in [0.25, 0.3) is 15.7 Å². The molecular formula is C24H28N6O3S. The van der Waals surface area contributed by atoms with E-state index in [4.69, 9.17) is 9.47 Å². The summed E-state index contributed by atoms with van der Waals surface area (Å²) in [6.07, 6.45) is 7.53. The first-order valence-corrected chi connectivity index (χ1v) is 12.1. The second kappa shape index (κ2) is 9.19. The zero-order valence-corrected chi connectivity index (χ0v) is 20.6. The molecule has 178 valence electrons. The zero-order valence-electron chi connectivity index (χ0n) is 19.7. The number of pyridine rings is 1. The second-order valence-corrected chi connectivity index (χ2v) is 9.76. The first-order chi connectivity index (χ1) is 16.5. The van der Waals surface area contributed by atoms with Gasteiger partial charge in [0.1, 0.15) is 17.0 Å². The SMILES string of the molecule is COC[C@@H](C)N(C)C(=O)C1CCc2c(sc3ncnc(Nc4cc5ccnn5cc4OC)c23)C1. The number of hydrogen-bond acceptors (Lipinski definition) is 8. The average molecular weight is 481 g/mol. The van der Waals surface area contributed by atoms with Crippen LogP contribution in [0.3, 0.4) is 0 Å². The van der Waals surface area contributed by atoms with Crippen molar-refractivity contribution >= 4 is 44.5 Å². The number of nitrogens with zero attached hydrogens (tertiary/aromatic N) is 5. The maximum absolute atomic E-state index is 13.1. The normalized spacial score (nSPS) is 16.4. The van der Waals surface area contributed by atoms with E-state index in [0.717, 1.165) is 46.5 Å². The van der Waals surface area contributed by atoms with Crippen molar-refractivity contribution < 1.29 is 14.3 Å². The number of nitrogens with one attached hydrogen (secondary N) is 1. The van der Waals surface area contributed by atoms with E-state index in [-0.39, 0.29) is 17.9 Å². The molecule has 2 atom stereocenters. The molecule has 4 heterocycles. The van der Waals surface area contributed by atoms with Gasteiger partial charge >= 0.3 is 0 Å². The molecule has 0 saturated carbocycles. The molecule has 1 N–H and O–H groups in total. The predicted octanol–water partition coefficient (Wildman–Crippen LogP) is 3.69. The van der Waals surface area contributed by atoms with E-state index < -0.39 is 0 Å². The first kappa shape index (κ1) is 22.5. The molecule has 0 bridgehead atoms. The van der Waals surface area contributed by atoms with Crippen molar-refractivity contribution in [2.24, 2.45) is 5.92 Å². The molecule has 0 saturated heterocycles. The van der Waals surface area contributed by atoms with Crippen molar-refractivity contribution in [3.05, 3.63) is 41.3 Å². The number of carbonyl (C=O) groups is 1. The van der Waals surface area contributed by atoms with Gasteiger partial charge in [-0.3, -0.25) is 4.79 Å². The number of rotatable bonds is 7. The van der Waals surface area contributed by atoms with E-state index in [0.29, 0.717) is 12.4 Å². The Morgan fingerprint density at radius 3 is 3.03 bits per heavy atom. The van der Waals surface area contributed by atoms with Crippen LogP contribution in [-0.4, -0.2) is 64.3 Å². The highest BCUT2D eigenvalue weighted by Crippen LogP contribution is 2.41. The number of thiophene rings is 1. The molecule has 5 rings (SSSR count). The molecule has 0 radical (unpaired) electrons. The standard InChI is InChI=1S/C24H28N6O3S/c1-14(12-32-3)29(2)24(31)15-5-6-17-20(9-15)34-23-21(17)22(25-13-26-23)28-18-10-16-7-8-27-30(16)11-19(18)33-4/h7-8,10-11,13-15H,5-6,9,12H2,1-4H3,(H,25,26,28)/t14-,15?/m1/s1. The van der Waals surface area contributed by atoms with Gasteiger partial charge in [-0.15, -0.1) is 11.3 Å². The molecular weight excluding hydrogens is 452 g/mol. The molecule has 0 aromatic carbocycles. The molecule has 1 amide bonds. The Kier molecular flexibility index (Phi) is 6.09. The first-order valence-electron chi connectivity index (χ1n) is 11.3. The number of aromatic nitrogens is 4. The number of likely N-dealkylation sites (N-methyl/N-ethyl adjacent to an activating group) is 1. The fraction of sp³-hybridized carbons (Fsp3) is 0.417. The lowest BCUT2D eigenvalue weighted by Gasteiger charge is -2.30. The summed E-state index contributed by atoms with van der Waals surface area (Å²) in [5, 5.41) is 8.77. The third-order valence-corrected chi connectivity index (χ3v) is 7.74. The maximum Gasteiger partial charge on any atom is 0.226 e. The molecule has 34 heavy (non-hydrogen) atoms. The van der Waals surface area contributed by atoms with Crippen molar-refractivity contribution in [3.63, 3.8) is 0 Å². The minimum absolute atomic E-state index is 0.0291. The number of methoxy groups -OCH3 is 2. The van der Waals surface area contributed by atoms with Gasteiger partial charge in [0.2, 0.25) is 5.91 Å². The highest BCUT2D eigenvalue weighted by molar-refractivity contribution is 7.19. The van der Waals surface area contributed by atoms with Crippen LogP contribution >= 0.6 is 11.3 Å². The molecule has 1 unspecified atom stereocenters. The lowest BCUT2D eigenvalue weighted by molar-refractivity contribution is -0.137. The average Bonchev–Trinajstić information content (AvgIpc) is 3.46. The second-order valence-electron chi connectivity index (χ2n) is 8.68. The van der Waals surface area contributed by atoms with Crippen LogP contribution in [0.1, 0.15) is 23.8 Å². The molecule has 1 aliphatic rings. The van der Waals surface area contributed by atoms with Gasteiger partial charge in [0.05, 0.1) is 42.5 Å². The minimum Gasteiger partial charge on any atom is -0.493 e. The van der Waals surface area contributed by atoms with Crippen molar-refractivity contribution in [3.8, 4) is 5.75 Å². The Bertz CT molecular complexity index is 1350. The highest BCUT2D eigenvalue weighted by Gasteiger charge is 2.32. The minimum atomic E-state index is -0.0291. The van der Waals surface area contributed by atoms with E-state index in [1.165, 1.54) is 10.4 Å². The molecule has 0 aliphatic heterocycles. The van der Waals surface area contributed by atoms with Crippen molar-refractivity contribution in [2.75, 3.05) is 33.2 Å². The smallest absolute Gasteiger partial charge is 0.226 e. The summed E-state index contributed by atoms with van der Waals surface area (Å²) in [5.74, 6) is 1.57. The van der Waals surface area contributed by atoms with Crippen molar-refractivity contribution in [1.29, 1.82) is 0 Å². The van der Waals surface area contributed by atoms with Gasteiger partial charge in [0, 0.05) is 31.1 Å². The third kappa shape index (κ3) is 3.97. The Morgan fingerprint density at radius 1 is 1.38 bits per heavy atom. The van der Waals surface area contributed by atoms with Gasteiger partial charge in [-0.2, -0.15) is 5.10 Å². The molecule has 4 aromatic rings. The van der Waals surface area contributed by atoms with E-state index in [9.17, 15) is 4.79 Å². The monoisotopic (exact) mass is 480 g/mol. The zero-order chi connectivity index (χ0) is 23.8. The number of amides is 1. The molecule has 10 heteroatoms. The van der Waals surface area contributed by atoms with Crippen LogP contribution in [0.15, 0.2) is 30.9 Å². The van der Waals surface area contributed by atoms with Crippen LogP contribution in [-0.2, 0) is 22.4 Å². The fourth-order valence-electron chi connectivity index (χ4n) is 4.61.